The maximum Gasteiger partial charge on any atom is 0.186 e. The molecule has 104 valence electrons. The number of guanidine groups is 1. The minimum atomic E-state index is 0.115. The summed E-state index contributed by atoms with van der Waals surface area (Å²) in [6.45, 7) is 2.73. The predicted molar refractivity (Wildman–Crippen MR) is 74.6 cm³/mol. The Morgan fingerprint density at radius 1 is 1.26 bits per heavy atom. The van der Waals surface area contributed by atoms with Gasteiger partial charge in [0, 0.05) is 13.2 Å². The molecule has 0 unspecified atom stereocenters. The summed E-state index contributed by atoms with van der Waals surface area (Å²) in [6.07, 6.45) is 2.27. The van der Waals surface area contributed by atoms with E-state index in [1.807, 2.05) is 12.1 Å². The first kappa shape index (κ1) is 13.8. The summed E-state index contributed by atoms with van der Waals surface area (Å²) in [5.41, 5.74) is 12.9. The van der Waals surface area contributed by atoms with Crippen molar-refractivity contribution in [2.24, 2.45) is 16.5 Å². The number of benzene rings is 1. The normalized spacial score (nSPS) is 16.2. The van der Waals surface area contributed by atoms with Crippen LogP contribution in [0, 0.1) is 0 Å². The summed E-state index contributed by atoms with van der Waals surface area (Å²) in [4.78, 5) is 4.00. The van der Waals surface area contributed by atoms with Gasteiger partial charge in [-0.25, -0.2) is 4.99 Å². The molecule has 1 aliphatic heterocycles. The van der Waals surface area contributed by atoms with Gasteiger partial charge in [-0.15, -0.1) is 0 Å². The van der Waals surface area contributed by atoms with E-state index in [1.54, 1.807) is 0 Å². The van der Waals surface area contributed by atoms with E-state index in [4.69, 9.17) is 20.9 Å². The molecule has 0 aromatic heterocycles. The average molecular weight is 263 g/mol. The van der Waals surface area contributed by atoms with Gasteiger partial charge in [-0.3, -0.25) is 0 Å². The Kier molecular flexibility index (Phi) is 5.18. The van der Waals surface area contributed by atoms with Crippen molar-refractivity contribution in [3.8, 4) is 0 Å². The first-order valence-electron chi connectivity index (χ1n) is 6.56. The predicted octanol–water partition coefficient (Wildman–Crippen LogP) is 1.16. The van der Waals surface area contributed by atoms with Crippen LogP contribution in [0.1, 0.15) is 24.0 Å². The molecule has 0 saturated carbocycles. The minimum Gasteiger partial charge on any atom is -0.381 e. The third-order valence-corrected chi connectivity index (χ3v) is 3.09. The third-order valence-electron chi connectivity index (χ3n) is 3.09. The van der Waals surface area contributed by atoms with E-state index in [1.165, 1.54) is 0 Å². The summed E-state index contributed by atoms with van der Waals surface area (Å²) in [5.74, 6) is 0.115. The van der Waals surface area contributed by atoms with Crippen LogP contribution in [-0.4, -0.2) is 25.3 Å². The quantitative estimate of drug-likeness (QED) is 0.617. The van der Waals surface area contributed by atoms with Gasteiger partial charge < -0.3 is 20.9 Å². The van der Waals surface area contributed by atoms with Gasteiger partial charge >= 0.3 is 0 Å². The second-order valence-electron chi connectivity index (χ2n) is 4.68. The Labute approximate surface area is 113 Å². The first-order valence-corrected chi connectivity index (χ1v) is 6.56. The molecular weight excluding hydrogens is 242 g/mol. The molecule has 0 radical (unpaired) electrons. The van der Waals surface area contributed by atoms with Gasteiger partial charge in [0.2, 0.25) is 0 Å². The van der Waals surface area contributed by atoms with Crippen LogP contribution in [0.3, 0.4) is 0 Å². The van der Waals surface area contributed by atoms with Crippen molar-refractivity contribution in [2.75, 3.05) is 13.2 Å². The zero-order chi connectivity index (χ0) is 13.5. The Balaban J connectivity index is 1.85. The molecule has 1 saturated heterocycles. The Hall–Kier alpha value is -1.59. The molecular formula is C14H21N3O2. The van der Waals surface area contributed by atoms with E-state index in [-0.39, 0.29) is 5.96 Å². The van der Waals surface area contributed by atoms with E-state index in [0.717, 1.165) is 37.2 Å². The second-order valence-corrected chi connectivity index (χ2v) is 4.68. The lowest BCUT2D eigenvalue weighted by Gasteiger charge is -2.22. The Morgan fingerprint density at radius 3 is 2.74 bits per heavy atom. The monoisotopic (exact) mass is 263 g/mol. The highest BCUT2D eigenvalue weighted by Gasteiger charge is 2.13. The lowest BCUT2D eigenvalue weighted by molar-refractivity contribution is -0.0390. The van der Waals surface area contributed by atoms with Crippen LogP contribution in [0.2, 0.25) is 0 Å². The number of aliphatic imine (C=N–C) groups is 1. The Morgan fingerprint density at radius 2 is 2.00 bits per heavy atom. The summed E-state index contributed by atoms with van der Waals surface area (Å²) < 4.78 is 11.2. The highest BCUT2D eigenvalue weighted by atomic mass is 16.5. The molecule has 0 spiro atoms. The maximum atomic E-state index is 5.88. The Bertz CT molecular complexity index is 424. The molecule has 5 heteroatoms. The fourth-order valence-corrected chi connectivity index (χ4v) is 2.06. The van der Waals surface area contributed by atoms with E-state index in [0.29, 0.717) is 19.3 Å². The topological polar surface area (TPSA) is 82.9 Å². The van der Waals surface area contributed by atoms with E-state index in [9.17, 15) is 0 Å². The number of nitrogens with zero attached hydrogens (tertiary/aromatic N) is 1. The third kappa shape index (κ3) is 4.89. The number of hydrogen-bond acceptors (Lipinski definition) is 3. The fourth-order valence-electron chi connectivity index (χ4n) is 2.06. The molecule has 1 aromatic carbocycles. The molecule has 0 bridgehead atoms. The zero-order valence-electron chi connectivity index (χ0n) is 11.0. The van der Waals surface area contributed by atoms with Crippen molar-refractivity contribution in [1.82, 2.24) is 0 Å². The van der Waals surface area contributed by atoms with Gasteiger partial charge in [-0.2, -0.15) is 0 Å². The lowest BCUT2D eigenvalue weighted by Crippen LogP contribution is -2.23. The largest absolute Gasteiger partial charge is 0.381 e. The van der Waals surface area contributed by atoms with Gasteiger partial charge in [0.1, 0.15) is 0 Å². The second kappa shape index (κ2) is 7.11. The number of rotatable bonds is 5. The molecule has 1 fully saturated rings. The summed E-state index contributed by atoms with van der Waals surface area (Å²) in [6, 6.07) is 8.13. The van der Waals surface area contributed by atoms with Crippen LogP contribution in [0.15, 0.2) is 29.3 Å². The SMILES string of the molecule is NC(N)=NCc1cccc(COC2CCOCC2)c1. The van der Waals surface area contributed by atoms with Gasteiger partial charge in [0.25, 0.3) is 0 Å². The number of hydrogen-bond donors (Lipinski definition) is 2. The van der Waals surface area contributed by atoms with E-state index < -0.39 is 0 Å². The molecule has 2 rings (SSSR count). The minimum absolute atomic E-state index is 0.115. The van der Waals surface area contributed by atoms with Crippen LogP contribution in [0.25, 0.3) is 0 Å². The van der Waals surface area contributed by atoms with Gasteiger partial charge in [0.05, 0.1) is 19.3 Å². The maximum absolute atomic E-state index is 5.88. The van der Waals surface area contributed by atoms with Gasteiger partial charge in [-0.1, -0.05) is 24.3 Å². The molecule has 5 nitrogen and oxygen atoms in total. The van der Waals surface area contributed by atoms with Gasteiger partial charge in [-0.05, 0) is 24.0 Å². The lowest BCUT2D eigenvalue weighted by atomic mass is 10.1. The van der Waals surface area contributed by atoms with Crippen LogP contribution < -0.4 is 11.5 Å². The fraction of sp³-hybridized carbons (Fsp3) is 0.500. The smallest absolute Gasteiger partial charge is 0.186 e. The molecule has 1 heterocycles. The van der Waals surface area contributed by atoms with Crippen molar-refractivity contribution < 1.29 is 9.47 Å². The van der Waals surface area contributed by atoms with Crippen LogP contribution in [0.4, 0.5) is 0 Å². The molecule has 4 N–H and O–H groups in total. The standard InChI is InChI=1S/C14H21N3O2/c15-14(16)17-9-11-2-1-3-12(8-11)10-19-13-4-6-18-7-5-13/h1-3,8,13H,4-7,9-10H2,(H4,15,16,17). The van der Waals surface area contributed by atoms with Crippen molar-refractivity contribution in [1.29, 1.82) is 0 Å². The van der Waals surface area contributed by atoms with Crippen molar-refractivity contribution in [2.45, 2.75) is 32.1 Å². The number of nitrogens with two attached hydrogens (primary N) is 2. The molecule has 1 aliphatic rings. The molecule has 0 atom stereocenters. The summed E-state index contributed by atoms with van der Waals surface area (Å²) in [5, 5.41) is 0. The summed E-state index contributed by atoms with van der Waals surface area (Å²) >= 11 is 0. The van der Waals surface area contributed by atoms with Gasteiger partial charge in [0.15, 0.2) is 5.96 Å². The summed E-state index contributed by atoms with van der Waals surface area (Å²) in [7, 11) is 0. The van der Waals surface area contributed by atoms with E-state index in [2.05, 4.69) is 17.1 Å². The highest BCUT2D eigenvalue weighted by Crippen LogP contribution is 2.14. The number of ether oxygens (including phenoxy) is 2. The highest BCUT2D eigenvalue weighted by molar-refractivity contribution is 5.75. The van der Waals surface area contributed by atoms with Crippen LogP contribution in [-0.2, 0) is 22.6 Å². The molecule has 0 aliphatic carbocycles. The first-order chi connectivity index (χ1) is 9.24. The van der Waals surface area contributed by atoms with E-state index >= 15 is 0 Å². The molecule has 19 heavy (non-hydrogen) atoms. The van der Waals surface area contributed by atoms with Crippen molar-refractivity contribution in [3.05, 3.63) is 35.4 Å². The zero-order valence-corrected chi connectivity index (χ0v) is 11.0. The molecule has 0 amide bonds. The molecule has 1 aromatic rings. The van der Waals surface area contributed by atoms with Crippen molar-refractivity contribution >= 4 is 5.96 Å². The van der Waals surface area contributed by atoms with Crippen LogP contribution >= 0.6 is 0 Å². The van der Waals surface area contributed by atoms with Crippen molar-refractivity contribution in [3.63, 3.8) is 0 Å². The average Bonchev–Trinajstić information content (AvgIpc) is 2.44. The van der Waals surface area contributed by atoms with Crippen LogP contribution in [0.5, 0.6) is 0 Å².